The average Bonchev–Trinajstić information content (AvgIpc) is 2.40. The number of rotatable bonds is 5. The number of nitrogens with one attached hydrogen (secondary N) is 1. The third-order valence-corrected chi connectivity index (χ3v) is 3.84. The van der Waals surface area contributed by atoms with Gasteiger partial charge in [0.1, 0.15) is 0 Å². The second-order valence-electron chi connectivity index (χ2n) is 5.24. The Morgan fingerprint density at radius 3 is 2.89 bits per heavy atom. The van der Waals surface area contributed by atoms with E-state index in [1.807, 2.05) is 11.6 Å². The lowest BCUT2D eigenvalue weighted by molar-refractivity contribution is 0.602. The van der Waals surface area contributed by atoms with E-state index in [1.54, 1.807) is 0 Å². The minimum Gasteiger partial charge on any atom is -0.315 e. The van der Waals surface area contributed by atoms with Crippen LogP contribution in [0.3, 0.4) is 0 Å². The number of unbranched alkanes of at least 4 members (excludes halogenated alkanes) is 1. The maximum atomic E-state index is 12.2. The Labute approximate surface area is 109 Å². The van der Waals surface area contributed by atoms with E-state index in [1.165, 1.54) is 36.9 Å². The Kier molecular flexibility index (Phi) is 4.59. The molecule has 0 radical (unpaired) electrons. The van der Waals surface area contributed by atoms with Crippen LogP contribution in [-0.4, -0.2) is 11.1 Å². The molecule has 100 valence electrons. The Morgan fingerprint density at radius 2 is 2.11 bits per heavy atom. The van der Waals surface area contributed by atoms with Gasteiger partial charge in [-0.2, -0.15) is 0 Å². The molecule has 0 amide bonds. The summed E-state index contributed by atoms with van der Waals surface area (Å²) in [5.41, 5.74) is 3.74. The van der Waals surface area contributed by atoms with Crippen molar-refractivity contribution < 1.29 is 0 Å². The van der Waals surface area contributed by atoms with Gasteiger partial charge in [-0.3, -0.25) is 4.79 Å². The molecule has 1 N–H and O–H groups in total. The molecule has 0 unspecified atom stereocenters. The van der Waals surface area contributed by atoms with Crippen LogP contribution in [0.4, 0.5) is 0 Å². The van der Waals surface area contributed by atoms with E-state index in [0.717, 1.165) is 24.9 Å². The van der Waals surface area contributed by atoms with Gasteiger partial charge in [0, 0.05) is 24.8 Å². The van der Waals surface area contributed by atoms with Crippen LogP contribution in [-0.2, 0) is 26.4 Å². The second kappa shape index (κ2) is 6.19. The van der Waals surface area contributed by atoms with Gasteiger partial charge in [0.25, 0.3) is 5.56 Å². The zero-order valence-corrected chi connectivity index (χ0v) is 11.6. The molecule has 1 aromatic heterocycles. The molecule has 18 heavy (non-hydrogen) atoms. The number of aromatic nitrogens is 1. The first-order valence-corrected chi connectivity index (χ1v) is 7.15. The molecule has 0 fully saturated rings. The molecule has 1 heterocycles. The number of pyridine rings is 1. The summed E-state index contributed by atoms with van der Waals surface area (Å²) in [5.74, 6) is 0. The predicted molar refractivity (Wildman–Crippen MR) is 74.9 cm³/mol. The lowest BCUT2D eigenvalue weighted by atomic mass is 9.94. The highest BCUT2D eigenvalue weighted by Gasteiger charge is 2.15. The van der Waals surface area contributed by atoms with E-state index in [4.69, 9.17) is 0 Å². The Balaban J connectivity index is 2.15. The second-order valence-corrected chi connectivity index (χ2v) is 5.24. The molecule has 2 rings (SSSR count). The van der Waals surface area contributed by atoms with Crippen LogP contribution in [0.15, 0.2) is 10.9 Å². The molecule has 0 aliphatic heterocycles. The normalized spacial score (nSPS) is 14.6. The van der Waals surface area contributed by atoms with E-state index in [-0.39, 0.29) is 5.56 Å². The molecule has 0 aromatic carbocycles. The molecule has 1 aliphatic rings. The van der Waals surface area contributed by atoms with Crippen molar-refractivity contribution in [2.45, 2.75) is 52.0 Å². The Morgan fingerprint density at radius 1 is 1.33 bits per heavy atom. The first-order chi connectivity index (χ1) is 8.74. The number of fused-ring (bicyclic) bond motifs is 1. The van der Waals surface area contributed by atoms with Crippen LogP contribution in [0.2, 0.25) is 0 Å². The summed E-state index contributed by atoms with van der Waals surface area (Å²) >= 11 is 0. The van der Waals surface area contributed by atoms with Gasteiger partial charge in [-0.25, -0.2) is 0 Å². The van der Waals surface area contributed by atoms with Crippen LogP contribution in [0.25, 0.3) is 0 Å². The molecule has 1 aliphatic carbocycles. The molecule has 3 heteroatoms. The summed E-state index contributed by atoms with van der Waals surface area (Å²) in [7, 11) is 1.92. The molecule has 3 nitrogen and oxygen atoms in total. The topological polar surface area (TPSA) is 34.0 Å². The highest BCUT2D eigenvalue weighted by Crippen LogP contribution is 2.19. The summed E-state index contributed by atoms with van der Waals surface area (Å²) < 4.78 is 1.87. The maximum Gasteiger partial charge on any atom is 0.255 e. The van der Waals surface area contributed by atoms with Crippen molar-refractivity contribution in [2.75, 3.05) is 6.54 Å². The van der Waals surface area contributed by atoms with Gasteiger partial charge in [0.15, 0.2) is 0 Å². The van der Waals surface area contributed by atoms with Gasteiger partial charge in [0.05, 0.1) is 0 Å². The Hall–Kier alpha value is -1.09. The van der Waals surface area contributed by atoms with Gasteiger partial charge in [-0.05, 0) is 50.3 Å². The van der Waals surface area contributed by atoms with Crippen LogP contribution in [0.5, 0.6) is 0 Å². The van der Waals surface area contributed by atoms with Crippen molar-refractivity contribution in [2.24, 2.45) is 7.05 Å². The van der Waals surface area contributed by atoms with Crippen LogP contribution < -0.4 is 10.9 Å². The van der Waals surface area contributed by atoms with E-state index < -0.39 is 0 Å². The number of hydrogen-bond acceptors (Lipinski definition) is 2. The molecule has 0 saturated heterocycles. The van der Waals surface area contributed by atoms with Crippen LogP contribution >= 0.6 is 0 Å². The number of hydrogen-bond donors (Lipinski definition) is 1. The molecular formula is C15H24N2O. The molecular weight excluding hydrogens is 224 g/mol. The standard InChI is InChI=1S/C15H24N2O/c1-3-4-9-16-11-13-10-12-7-5-6-8-14(12)17(2)15(13)18/h10,16H,3-9,11H2,1-2H3. The molecule has 1 aromatic rings. The smallest absolute Gasteiger partial charge is 0.255 e. The third kappa shape index (κ3) is 2.83. The van der Waals surface area contributed by atoms with Crippen molar-refractivity contribution >= 4 is 0 Å². The predicted octanol–water partition coefficient (Wildman–Crippen LogP) is 2.15. The van der Waals surface area contributed by atoms with Crippen molar-refractivity contribution in [3.8, 4) is 0 Å². The van der Waals surface area contributed by atoms with Crippen LogP contribution in [0.1, 0.15) is 49.4 Å². The van der Waals surface area contributed by atoms with Gasteiger partial charge in [-0.1, -0.05) is 13.3 Å². The van der Waals surface area contributed by atoms with Crippen molar-refractivity contribution in [3.05, 3.63) is 33.2 Å². The first kappa shape index (κ1) is 13.3. The van der Waals surface area contributed by atoms with Crippen molar-refractivity contribution in [1.29, 1.82) is 0 Å². The van der Waals surface area contributed by atoms with E-state index in [0.29, 0.717) is 6.54 Å². The van der Waals surface area contributed by atoms with E-state index in [9.17, 15) is 4.79 Å². The largest absolute Gasteiger partial charge is 0.315 e. The van der Waals surface area contributed by atoms with Gasteiger partial charge < -0.3 is 9.88 Å². The number of nitrogens with zero attached hydrogens (tertiary/aromatic N) is 1. The number of aryl methyl sites for hydroxylation is 1. The highest BCUT2D eigenvalue weighted by molar-refractivity contribution is 5.28. The molecule has 0 saturated carbocycles. The summed E-state index contributed by atoms with van der Waals surface area (Å²) in [6, 6.07) is 2.13. The van der Waals surface area contributed by atoms with Crippen molar-refractivity contribution in [1.82, 2.24) is 9.88 Å². The molecule has 0 atom stereocenters. The fourth-order valence-electron chi connectivity index (χ4n) is 2.71. The quantitative estimate of drug-likeness (QED) is 0.810. The lowest BCUT2D eigenvalue weighted by Crippen LogP contribution is -2.30. The maximum absolute atomic E-state index is 12.2. The SMILES string of the molecule is CCCCNCc1cc2c(n(C)c1=O)CCCC2. The van der Waals surface area contributed by atoms with Gasteiger partial charge in [-0.15, -0.1) is 0 Å². The monoisotopic (exact) mass is 248 g/mol. The summed E-state index contributed by atoms with van der Waals surface area (Å²) in [4.78, 5) is 12.2. The average molecular weight is 248 g/mol. The molecule has 0 spiro atoms. The fourth-order valence-corrected chi connectivity index (χ4v) is 2.71. The highest BCUT2D eigenvalue weighted by atomic mass is 16.1. The fraction of sp³-hybridized carbons (Fsp3) is 0.667. The summed E-state index contributed by atoms with van der Waals surface area (Å²) in [6.45, 7) is 3.89. The minimum atomic E-state index is 0.180. The van der Waals surface area contributed by atoms with Crippen molar-refractivity contribution in [3.63, 3.8) is 0 Å². The van der Waals surface area contributed by atoms with Gasteiger partial charge >= 0.3 is 0 Å². The lowest BCUT2D eigenvalue weighted by Gasteiger charge is -2.20. The summed E-state index contributed by atoms with van der Waals surface area (Å²) in [6.07, 6.45) is 7.03. The zero-order valence-electron chi connectivity index (χ0n) is 11.6. The Bertz CT molecular complexity index is 462. The first-order valence-electron chi connectivity index (χ1n) is 7.15. The minimum absolute atomic E-state index is 0.180. The third-order valence-electron chi connectivity index (χ3n) is 3.84. The van der Waals surface area contributed by atoms with E-state index >= 15 is 0 Å². The zero-order chi connectivity index (χ0) is 13.0. The van der Waals surface area contributed by atoms with Crippen LogP contribution in [0, 0.1) is 0 Å². The summed E-state index contributed by atoms with van der Waals surface area (Å²) in [5, 5.41) is 3.36. The molecule has 0 bridgehead atoms. The van der Waals surface area contributed by atoms with Gasteiger partial charge in [0.2, 0.25) is 0 Å². The van der Waals surface area contributed by atoms with E-state index in [2.05, 4.69) is 18.3 Å².